The summed E-state index contributed by atoms with van der Waals surface area (Å²) in [5.74, 6) is 2.38. The molecule has 0 atom stereocenters. The number of nitrogens with zero attached hydrogens (tertiary/aromatic N) is 5. The molecule has 32 heavy (non-hydrogen) atoms. The summed E-state index contributed by atoms with van der Waals surface area (Å²) in [6.07, 6.45) is 5.30. The maximum atomic E-state index is 6.24. The van der Waals surface area contributed by atoms with Gasteiger partial charge in [0.15, 0.2) is 0 Å². The van der Waals surface area contributed by atoms with Crippen molar-refractivity contribution >= 4 is 21.8 Å². The van der Waals surface area contributed by atoms with E-state index in [1.54, 1.807) is 17.1 Å². The number of ether oxygens (including phenoxy) is 1. The lowest BCUT2D eigenvalue weighted by molar-refractivity contribution is 0.482. The first-order valence-corrected chi connectivity index (χ1v) is 10.4. The highest BCUT2D eigenvalue weighted by molar-refractivity contribution is 6.09. The van der Waals surface area contributed by atoms with Gasteiger partial charge in [-0.15, -0.1) is 5.10 Å². The molecule has 0 aliphatic rings. The second-order valence-electron chi connectivity index (χ2n) is 7.67. The Hall–Kier alpha value is -4.45. The molecule has 3 heterocycles. The fraction of sp³-hybridized carbons (Fsp3) is 0.0385. The van der Waals surface area contributed by atoms with Gasteiger partial charge in [0.2, 0.25) is 0 Å². The number of hydrogen-bond donors (Lipinski definition) is 0. The van der Waals surface area contributed by atoms with Crippen molar-refractivity contribution in [2.75, 3.05) is 0 Å². The second kappa shape index (κ2) is 7.35. The van der Waals surface area contributed by atoms with Gasteiger partial charge in [0.1, 0.15) is 17.3 Å². The van der Waals surface area contributed by atoms with Gasteiger partial charge in [-0.1, -0.05) is 29.5 Å². The molecule has 0 amide bonds. The van der Waals surface area contributed by atoms with E-state index in [-0.39, 0.29) is 0 Å². The summed E-state index contributed by atoms with van der Waals surface area (Å²) in [5, 5.41) is 10.3. The lowest BCUT2D eigenvalue weighted by Crippen LogP contribution is -1.98. The van der Waals surface area contributed by atoms with E-state index in [1.165, 1.54) is 10.9 Å². The molecule has 154 valence electrons. The first-order valence-electron chi connectivity index (χ1n) is 10.4. The van der Waals surface area contributed by atoms with Crippen molar-refractivity contribution in [3.63, 3.8) is 0 Å². The third-order valence-electron chi connectivity index (χ3n) is 5.52. The average Bonchev–Trinajstić information content (AvgIpc) is 3.46. The van der Waals surface area contributed by atoms with Gasteiger partial charge >= 0.3 is 0 Å². The van der Waals surface area contributed by atoms with Gasteiger partial charge < -0.3 is 4.74 Å². The molecule has 0 radical (unpaired) electrons. The van der Waals surface area contributed by atoms with E-state index in [0.29, 0.717) is 0 Å². The standard InChI is InChI=1S/C26H19N5O/c1-18-11-12-27-26(15-18)31-24-8-3-2-7-22(24)23-10-9-21(17-25(23)31)32-20-6-4-5-19(16-20)30-14-13-28-29-30/h2-17H,1H3. The minimum absolute atomic E-state index is 0.730. The molecule has 3 aromatic heterocycles. The van der Waals surface area contributed by atoms with E-state index in [0.717, 1.165) is 39.4 Å². The number of fused-ring (bicyclic) bond motifs is 3. The van der Waals surface area contributed by atoms with Gasteiger partial charge in [-0.2, -0.15) is 0 Å². The molecule has 6 aromatic rings. The summed E-state index contributed by atoms with van der Waals surface area (Å²) < 4.78 is 10.1. The van der Waals surface area contributed by atoms with Crippen LogP contribution >= 0.6 is 0 Å². The zero-order valence-electron chi connectivity index (χ0n) is 17.4. The van der Waals surface area contributed by atoms with Crippen LogP contribution in [0.25, 0.3) is 33.3 Å². The summed E-state index contributed by atoms with van der Waals surface area (Å²) >= 11 is 0. The van der Waals surface area contributed by atoms with Gasteiger partial charge in [0, 0.05) is 29.1 Å². The Morgan fingerprint density at radius 1 is 0.750 bits per heavy atom. The Labute approximate surface area is 184 Å². The van der Waals surface area contributed by atoms with Crippen LogP contribution in [0.5, 0.6) is 11.5 Å². The number of benzene rings is 3. The van der Waals surface area contributed by atoms with Crippen LogP contribution < -0.4 is 4.74 Å². The highest BCUT2D eigenvalue weighted by atomic mass is 16.5. The predicted octanol–water partition coefficient (Wildman–Crippen LogP) is 5.86. The lowest BCUT2D eigenvalue weighted by Gasteiger charge is -2.10. The molecule has 0 bridgehead atoms. The molecule has 0 spiro atoms. The normalized spacial score (nSPS) is 11.3. The maximum Gasteiger partial charge on any atom is 0.137 e. The Morgan fingerprint density at radius 3 is 2.50 bits per heavy atom. The van der Waals surface area contributed by atoms with Crippen molar-refractivity contribution in [1.82, 2.24) is 24.5 Å². The van der Waals surface area contributed by atoms with Gasteiger partial charge in [-0.3, -0.25) is 4.57 Å². The minimum atomic E-state index is 0.730. The quantitative estimate of drug-likeness (QED) is 0.360. The van der Waals surface area contributed by atoms with Gasteiger partial charge in [-0.25, -0.2) is 9.67 Å². The summed E-state index contributed by atoms with van der Waals surface area (Å²) in [4.78, 5) is 4.64. The van der Waals surface area contributed by atoms with Crippen LogP contribution in [0.3, 0.4) is 0 Å². The van der Waals surface area contributed by atoms with E-state index < -0.39 is 0 Å². The van der Waals surface area contributed by atoms with Crippen molar-refractivity contribution in [1.29, 1.82) is 0 Å². The second-order valence-corrected chi connectivity index (χ2v) is 7.67. The molecule has 0 unspecified atom stereocenters. The topological polar surface area (TPSA) is 57.8 Å². The fourth-order valence-corrected chi connectivity index (χ4v) is 4.07. The van der Waals surface area contributed by atoms with Crippen molar-refractivity contribution in [3.05, 3.63) is 103 Å². The molecular formula is C26H19N5O. The zero-order valence-corrected chi connectivity index (χ0v) is 17.4. The van der Waals surface area contributed by atoms with E-state index in [4.69, 9.17) is 4.74 Å². The van der Waals surface area contributed by atoms with Crippen LogP contribution in [0.2, 0.25) is 0 Å². The summed E-state index contributed by atoms with van der Waals surface area (Å²) in [6.45, 7) is 2.08. The summed E-state index contributed by atoms with van der Waals surface area (Å²) in [5.41, 5.74) is 4.22. The van der Waals surface area contributed by atoms with Gasteiger partial charge in [0.25, 0.3) is 0 Å². The van der Waals surface area contributed by atoms with E-state index in [1.807, 2.05) is 42.6 Å². The van der Waals surface area contributed by atoms with Crippen LogP contribution in [0.1, 0.15) is 5.56 Å². The van der Waals surface area contributed by atoms with Gasteiger partial charge in [-0.05, 0) is 55.0 Å². The Bertz CT molecular complexity index is 1570. The Kier molecular flexibility index (Phi) is 4.21. The van der Waals surface area contributed by atoms with Crippen LogP contribution in [0.4, 0.5) is 0 Å². The van der Waals surface area contributed by atoms with E-state index >= 15 is 0 Å². The molecule has 6 nitrogen and oxygen atoms in total. The highest BCUT2D eigenvalue weighted by Crippen LogP contribution is 2.35. The molecule has 6 heteroatoms. The van der Waals surface area contributed by atoms with Crippen LogP contribution in [0, 0.1) is 6.92 Å². The third kappa shape index (κ3) is 3.09. The van der Waals surface area contributed by atoms with E-state index in [2.05, 4.69) is 69.3 Å². The minimum Gasteiger partial charge on any atom is -0.457 e. The highest BCUT2D eigenvalue weighted by Gasteiger charge is 2.14. The summed E-state index contributed by atoms with van der Waals surface area (Å²) in [7, 11) is 0. The molecular weight excluding hydrogens is 398 g/mol. The molecule has 0 aliphatic heterocycles. The number of rotatable bonds is 4. The Morgan fingerprint density at radius 2 is 1.62 bits per heavy atom. The molecule has 0 saturated heterocycles. The average molecular weight is 417 g/mol. The maximum absolute atomic E-state index is 6.24. The number of aromatic nitrogens is 5. The molecule has 0 fully saturated rings. The molecule has 6 rings (SSSR count). The number of aryl methyl sites for hydroxylation is 1. The number of para-hydroxylation sites is 1. The first-order chi connectivity index (χ1) is 15.8. The monoisotopic (exact) mass is 417 g/mol. The van der Waals surface area contributed by atoms with Crippen molar-refractivity contribution in [3.8, 4) is 23.0 Å². The van der Waals surface area contributed by atoms with Crippen molar-refractivity contribution < 1.29 is 4.74 Å². The predicted molar refractivity (Wildman–Crippen MR) is 125 cm³/mol. The van der Waals surface area contributed by atoms with Gasteiger partial charge in [0.05, 0.1) is 29.1 Å². The summed E-state index contributed by atoms with van der Waals surface area (Å²) in [6, 6.07) is 26.5. The molecule has 0 saturated carbocycles. The van der Waals surface area contributed by atoms with Crippen LogP contribution in [-0.4, -0.2) is 24.5 Å². The smallest absolute Gasteiger partial charge is 0.137 e. The number of pyridine rings is 1. The number of hydrogen-bond acceptors (Lipinski definition) is 4. The molecule has 3 aromatic carbocycles. The molecule has 0 N–H and O–H groups in total. The molecule has 0 aliphatic carbocycles. The Balaban J connectivity index is 1.48. The lowest BCUT2D eigenvalue weighted by atomic mass is 10.1. The largest absolute Gasteiger partial charge is 0.457 e. The first kappa shape index (κ1) is 18.3. The van der Waals surface area contributed by atoms with E-state index in [9.17, 15) is 0 Å². The zero-order chi connectivity index (χ0) is 21.5. The van der Waals surface area contributed by atoms with Crippen molar-refractivity contribution in [2.24, 2.45) is 0 Å². The SMILES string of the molecule is Cc1ccnc(-n2c3ccccc3c3ccc(Oc4cccc(-n5ccnn5)c4)cc32)c1. The fourth-order valence-electron chi connectivity index (χ4n) is 4.07. The third-order valence-corrected chi connectivity index (χ3v) is 5.52. The van der Waals surface area contributed by atoms with Crippen molar-refractivity contribution in [2.45, 2.75) is 6.92 Å². The van der Waals surface area contributed by atoms with Crippen LogP contribution in [-0.2, 0) is 0 Å². The van der Waals surface area contributed by atoms with Crippen LogP contribution in [0.15, 0.2) is 97.5 Å².